The maximum atomic E-state index is 12.4. The van der Waals surface area contributed by atoms with Crippen LogP contribution >= 0.6 is 0 Å². The van der Waals surface area contributed by atoms with Gasteiger partial charge in [-0.05, 0) is 36.9 Å². The van der Waals surface area contributed by atoms with Crippen LogP contribution in [0.2, 0.25) is 0 Å². The van der Waals surface area contributed by atoms with Crippen molar-refractivity contribution in [3.8, 4) is 5.75 Å². The largest absolute Gasteiger partial charge is 0.484 e. The third-order valence-corrected chi connectivity index (χ3v) is 4.53. The van der Waals surface area contributed by atoms with Crippen molar-refractivity contribution >= 4 is 17.3 Å². The third-order valence-electron chi connectivity index (χ3n) is 4.53. The molecule has 2 aromatic rings. The predicted molar refractivity (Wildman–Crippen MR) is 105 cm³/mol. The molecule has 0 aromatic heterocycles. The van der Waals surface area contributed by atoms with Crippen molar-refractivity contribution in [2.75, 3.05) is 50.1 Å². The number of hydrogen-bond acceptors (Lipinski definition) is 5. The molecule has 3 N–H and O–H groups in total. The highest BCUT2D eigenvalue weighted by atomic mass is 16.5. The lowest BCUT2D eigenvalue weighted by Crippen LogP contribution is -2.44. The Kier molecular flexibility index (Phi) is 6.09. The number of anilines is 2. The molecule has 1 aliphatic heterocycles. The highest BCUT2D eigenvalue weighted by Gasteiger charge is 2.18. The number of benzene rings is 2. The SMILES string of the molecule is CN1CCN(c2ccc(CN)cc2NC(=O)COc2ccccc2)CC1. The van der Waals surface area contributed by atoms with Crippen LogP contribution in [0.1, 0.15) is 5.56 Å². The molecular weight excluding hydrogens is 328 g/mol. The molecule has 0 aliphatic carbocycles. The van der Waals surface area contributed by atoms with E-state index in [2.05, 4.69) is 22.2 Å². The summed E-state index contributed by atoms with van der Waals surface area (Å²) in [5, 5.41) is 2.99. The number of ether oxygens (including phenoxy) is 1. The van der Waals surface area contributed by atoms with E-state index in [1.165, 1.54) is 0 Å². The molecule has 1 amide bonds. The maximum absolute atomic E-state index is 12.4. The van der Waals surface area contributed by atoms with Gasteiger partial charge in [0.25, 0.3) is 5.91 Å². The second-order valence-corrected chi connectivity index (χ2v) is 6.50. The maximum Gasteiger partial charge on any atom is 0.262 e. The van der Waals surface area contributed by atoms with E-state index >= 15 is 0 Å². The number of para-hydroxylation sites is 1. The number of likely N-dealkylation sites (N-methyl/N-ethyl adjacent to an activating group) is 1. The van der Waals surface area contributed by atoms with Gasteiger partial charge in [-0.15, -0.1) is 0 Å². The fourth-order valence-corrected chi connectivity index (χ4v) is 2.99. The predicted octanol–water partition coefficient (Wildman–Crippen LogP) is 1.91. The van der Waals surface area contributed by atoms with Crippen molar-refractivity contribution in [2.45, 2.75) is 6.54 Å². The summed E-state index contributed by atoms with van der Waals surface area (Å²) < 4.78 is 5.54. The zero-order valence-electron chi connectivity index (χ0n) is 15.1. The molecule has 26 heavy (non-hydrogen) atoms. The highest BCUT2D eigenvalue weighted by molar-refractivity contribution is 5.95. The summed E-state index contributed by atoms with van der Waals surface area (Å²) >= 11 is 0. The van der Waals surface area contributed by atoms with Crippen LogP contribution in [0, 0.1) is 0 Å². The number of carbonyl (C=O) groups is 1. The normalized spacial score (nSPS) is 14.9. The molecule has 6 nitrogen and oxygen atoms in total. The number of amides is 1. The zero-order valence-corrected chi connectivity index (χ0v) is 15.1. The van der Waals surface area contributed by atoms with Crippen molar-refractivity contribution in [1.82, 2.24) is 4.90 Å². The summed E-state index contributed by atoms with van der Waals surface area (Å²) in [6, 6.07) is 15.3. The smallest absolute Gasteiger partial charge is 0.262 e. The van der Waals surface area contributed by atoms with Crippen LogP contribution in [-0.4, -0.2) is 50.6 Å². The quantitative estimate of drug-likeness (QED) is 0.829. The van der Waals surface area contributed by atoms with Crippen LogP contribution in [0.25, 0.3) is 0 Å². The highest BCUT2D eigenvalue weighted by Crippen LogP contribution is 2.28. The van der Waals surface area contributed by atoms with Gasteiger partial charge in [-0.2, -0.15) is 0 Å². The fraction of sp³-hybridized carbons (Fsp3) is 0.350. The first-order chi connectivity index (χ1) is 12.7. The first-order valence-corrected chi connectivity index (χ1v) is 8.90. The summed E-state index contributed by atoms with van der Waals surface area (Å²) in [4.78, 5) is 17.0. The molecule has 1 aliphatic rings. The van der Waals surface area contributed by atoms with E-state index in [0.29, 0.717) is 12.3 Å². The average Bonchev–Trinajstić information content (AvgIpc) is 2.68. The molecule has 0 saturated carbocycles. The lowest BCUT2D eigenvalue weighted by Gasteiger charge is -2.35. The molecule has 3 rings (SSSR count). The van der Waals surface area contributed by atoms with Crippen molar-refractivity contribution in [3.63, 3.8) is 0 Å². The number of nitrogens with two attached hydrogens (primary N) is 1. The van der Waals surface area contributed by atoms with Gasteiger partial charge in [0, 0.05) is 32.7 Å². The van der Waals surface area contributed by atoms with E-state index < -0.39 is 0 Å². The molecule has 0 bridgehead atoms. The molecule has 6 heteroatoms. The Morgan fingerprint density at radius 3 is 2.54 bits per heavy atom. The van der Waals surface area contributed by atoms with Crippen molar-refractivity contribution in [3.05, 3.63) is 54.1 Å². The minimum atomic E-state index is -0.182. The zero-order chi connectivity index (χ0) is 18.4. The molecular formula is C20H26N4O2. The van der Waals surface area contributed by atoms with Crippen LogP contribution in [0.15, 0.2) is 48.5 Å². The summed E-state index contributed by atoms with van der Waals surface area (Å²) in [7, 11) is 2.12. The Morgan fingerprint density at radius 1 is 1.12 bits per heavy atom. The van der Waals surface area contributed by atoms with Gasteiger partial charge in [0.15, 0.2) is 6.61 Å². The lowest BCUT2D eigenvalue weighted by molar-refractivity contribution is -0.118. The van der Waals surface area contributed by atoms with E-state index in [4.69, 9.17) is 10.5 Å². The fourth-order valence-electron chi connectivity index (χ4n) is 2.99. The minimum absolute atomic E-state index is 0.0287. The Hall–Kier alpha value is -2.57. The Labute approximate surface area is 154 Å². The van der Waals surface area contributed by atoms with Gasteiger partial charge in [0.1, 0.15) is 5.75 Å². The number of hydrogen-bond donors (Lipinski definition) is 2. The summed E-state index contributed by atoms with van der Waals surface area (Å²) in [6.45, 7) is 4.28. The van der Waals surface area contributed by atoms with E-state index in [0.717, 1.165) is 43.1 Å². The molecule has 0 spiro atoms. The number of nitrogens with zero attached hydrogens (tertiary/aromatic N) is 2. The van der Waals surface area contributed by atoms with Crippen molar-refractivity contribution in [2.24, 2.45) is 5.73 Å². The molecule has 1 saturated heterocycles. The van der Waals surface area contributed by atoms with Crippen LogP contribution in [0.4, 0.5) is 11.4 Å². The standard InChI is InChI=1S/C20H26N4O2/c1-23-9-11-24(12-10-23)19-8-7-16(14-21)13-18(19)22-20(25)15-26-17-5-3-2-4-6-17/h2-8,13H,9-12,14-15,21H2,1H3,(H,22,25). The number of carbonyl (C=O) groups excluding carboxylic acids is 1. The molecule has 138 valence electrons. The topological polar surface area (TPSA) is 70.8 Å². The van der Waals surface area contributed by atoms with Crippen LogP contribution in [0.3, 0.4) is 0 Å². The van der Waals surface area contributed by atoms with Crippen molar-refractivity contribution < 1.29 is 9.53 Å². The Balaban J connectivity index is 1.69. The van der Waals surface area contributed by atoms with Gasteiger partial charge < -0.3 is 25.6 Å². The van der Waals surface area contributed by atoms with Gasteiger partial charge in [0.05, 0.1) is 11.4 Å². The van der Waals surface area contributed by atoms with Crippen molar-refractivity contribution in [1.29, 1.82) is 0 Å². The molecule has 1 heterocycles. The van der Waals surface area contributed by atoms with Gasteiger partial charge in [-0.1, -0.05) is 24.3 Å². The number of piperazine rings is 1. The van der Waals surface area contributed by atoms with E-state index in [1.807, 2.05) is 48.5 Å². The molecule has 2 aromatic carbocycles. The first-order valence-electron chi connectivity index (χ1n) is 8.90. The summed E-state index contributed by atoms with van der Waals surface area (Å²) in [5.41, 5.74) is 8.58. The van der Waals surface area contributed by atoms with Gasteiger partial charge >= 0.3 is 0 Å². The summed E-state index contributed by atoms with van der Waals surface area (Å²) in [5.74, 6) is 0.496. The van der Waals surface area contributed by atoms with E-state index in [1.54, 1.807) is 0 Å². The molecule has 0 radical (unpaired) electrons. The second kappa shape index (κ2) is 8.69. The molecule has 1 fully saturated rings. The Bertz CT molecular complexity index is 728. The number of rotatable bonds is 6. The van der Waals surface area contributed by atoms with Gasteiger partial charge in [-0.25, -0.2) is 0 Å². The lowest BCUT2D eigenvalue weighted by atomic mass is 10.1. The van der Waals surface area contributed by atoms with Gasteiger partial charge in [-0.3, -0.25) is 4.79 Å². The summed E-state index contributed by atoms with van der Waals surface area (Å²) in [6.07, 6.45) is 0. The van der Waals surface area contributed by atoms with Crippen LogP contribution < -0.4 is 20.7 Å². The van der Waals surface area contributed by atoms with Gasteiger partial charge in [0.2, 0.25) is 0 Å². The van der Waals surface area contributed by atoms with E-state index in [-0.39, 0.29) is 12.5 Å². The third kappa shape index (κ3) is 4.74. The first kappa shape index (κ1) is 18.2. The van der Waals surface area contributed by atoms with Crippen LogP contribution in [-0.2, 0) is 11.3 Å². The molecule has 0 atom stereocenters. The number of nitrogens with one attached hydrogen (secondary N) is 1. The Morgan fingerprint density at radius 2 is 1.85 bits per heavy atom. The minimum Gasteiger partial charge on any atom is -0.484 e. The van der Waals surface area contributed by atoms with Crippen LogP contribution in [0.5, 0.6) is 5.75 Å². The second-order valence-electron chi connectivity index (χ2n) is 6.50. The van der Waals surface area contributed by atoms with E-state index in [9.17, 15) is 4.79 Å². The average molecular weight is 354 g/mol. The molecule has 0 unspecified atom stereocenters. The monoisotopic (exact) mass is 354 g/mol.